The molecule has 9 nitrogen and oxygen atoms in total. The van der Waals surface area contributed by atoms with E-state index in [1.54, 1.807) is 24.4 Å². The van der Waals surface area contributed by atoms with Crippen molar-refractivity contribution in [1.82, 2.24) is 26.3 Å². The molecule has 3 amide bonds. The van der Waals surface area contributed by atoms with Gasteiger partial charge in [0.1, 0.15) is 30.3 Å². The third-order valence-electron chi connectivity index (χ3n) is 6.82. The summed E-state index contributed by atoms with van der Waals surface area (Å²) in [6.45, 7) is 8.20. The standard InChI is InChI=1S/C30H42FN5O4/c1-5-9-24-28(37)33-15-7-12-23-26(13-8-14-32-23)40-18-20(4)34-25(17-21-10-6-11-22(31)16-21)29(38)36-27(19(2)3)30(39)35-24/h6,8,10-11,13-14,16,19-20,24-25,27,34H,5,7,9,12,15,17-18H2,1-4H3,(H,33,37)(H,35,39)(H,36,38)/t20-,24-,25+,27+/m0/s1. The molecule has 1 aromatic heterocycles. The van der Waals surface area contributed by atoms with Gasteiger partial charge in [-0.05, 0) is 68.4 Å². The van der Waals surface area contributed by atoms with E-state index in [2.05, 4.69) is 26.3 Å². The highest BCUT2D eigenvalue weighted by Gasteiger charge is 2.31. The topological polar surface area (TPSA) is 121 Å². The molecule has 0 aliphatic carbocycles. The smallest absolute Gasteiger partial charge is 0.243 e. The van der Waals surface area contributed by atoms with Crippen molar-refractivity contribution in [3.63, 3.8) is 0 Å². The Morgan fingerprint density at radius 2 is 1.85 bits per heavy atom. The lowest BCUT2D eigenvalue weighted by atomic mass is 9.99. The first-order chi connectivity index (χ1) is 19.2. The first kappa shape index (κ1) is 31.0. The van der Waals surface area contributed by atoms with E-state index in [0.717, 1.165) is 5.69 Å². The van der Waals surface area contributed by atoms with Crippen LogP contribution in [0.1, 0.15) is 58.2 Å². The molecule has 1 aliphatic rings. The zero-order valence-electron chi connectivity index (χ0n) is 23.8. The quantitative estimate of drug-likeness (QED) is 0.450. The fraction of sp³-hybridized carbons (Fsp3) is 0.533. The number of hydrogen-bond donors (Lipinski definition) is 4. The van der Waals surface area contributed by atoms with Gasteiger partial charge in [-0.15, -0.1) is 0 Å². The molecule has 10 heteroatoms. The minimum Gasteiger partial charge on any atom is -0.490 e. The van der Waals surface area contributed by atoms with Crippen LogP contribution in [0.2, 0.25) is 0 Å². The van der Waals surface area contributed by atoms with Crippen molar-refractivity contribution in [2.45, 2.75) is 84.0 Å². The second-order valence-corrected chi connectivity index (χ2v) is 10.7. The molecule has 2 heterocycles. The van der Waals surface area contributed by atoms with Crippen molar-refractivity contribution in [3.05, 3.63) is 59.7 Å². The van der Waals surface area contributed by atoms with Gasteiger partial charge in [0.2, 0.25) is 17.7 Å². The van der Waals surface area contributed by atoms with Gasteiger partial charge in [0.25, 0.3) is 0 Å². The molecular formula is C30H42FN5O4. The average molecular weight is 556 g/mol. The van der Waals surface area contributed by atoms with E-state index < -0.39 is 35.8 Å². The van der Waals surface area contributed by atoms with Crippen LogP contribution in [0.5, 0.6) is 5.75 Å². The lowest BCUT2D eigenvalue weighted by molar-refractivity contribution is -0.133. The summed E-state index contributed by atoms with van der Waals surface area (Å²) >= 11 is 0. The molecule has 0 fully saturated rings. The lowest BCUT2D eigenvalue weighted by Crippen LogP contribution is -2.59. The Kier molecular flexibility index (Phi) is 11.9. The molecular weight excluding hydrogens is 513 g/mol. The first-order valence-electron chi connectivity index (χ1n) is 14.1. The maximum atomic E-state index is 13.9. The van der Waals surface area contributed by atoms with Gasteiger partial charge in [0.05, 0.1) is 11.7 Å². The molecule has 0 saturated carbocycles. The van der Waals surface area contributed by atoms with Crippen molar-refractivity contribution < 1.29 is 23.5 Å². The van der Waals surface area contributed by atoms with Crippen LogP contribution in [0.15, 0.2) is 42.6 Å². The van der Waals surface area contributed by atoms with E-state index in [1.165, 1.54) is 12.1 Å². The highest BCUT2D eigenvalue weighted by molar-refractivity contribution is 5.93. The van der Waals surface area contributed by atoms with E-state index >= 15 is 0 Å². The maximum absolute atomic E-state index is 13.9. The summed E-state index contributed by atoms with van der Waals surface area (Å²) in [6.07, 6.45) is 4.33. The molecule has 0 spiro atoms. The number of hydrogen-bond acceptors (Lipinski definition) is 6. The maximum Gasteiger partial charge on any atom is 0.243 e. The number of rotatable bonds is 5. The van der Waals surface area contributed by atoms with Crippen molar-refractivity contribution in [2.75, 3.05) is 13.2 Å². The second-order valence-electron chi connectivity index (χ2n) is 10.7. The zero-order chi connectivity index (χ0) is 29.1. The van der Waals surface area contributed by atoms with Gasteiger partial charge < -0.3 is 20.7 Å². The van der Waals surface area contributed by atoms with E-state index in [-0.39, 0.29) is 30.9 Å². The van der Waals surface area contributed by atoms with E-state index in [4.69, 9.17) is 4.74 Å². The van der Waals surface area contributed by atoms with Crippen LogP contribution in [0.25, 0.3) is 0 Å². The van der Waals surface area contributed by atoms with Crippen LogP contribution in [-0.2, 0) is 27.2 Å². The van der Waals surface area contributed by atoms with Crippen LogP contribution in [-0.4, -0.2) is 60.0 Å². The molecule has 0 saturated heterocycles. The van der Waals surface area contributed by atoms with Gasteiger partial charge in [-0.3, -0.25) is 24.7 Å². The van der Waals surface area contributed by atoms with E-state index in [1.807, 2.05) is 33.8 Å². The van der Waals surface area contributed by atoms with Crippen molar-refractivity contribution in [3.8, 4) is 5.75 Å². The lowest BCUT2D eigenvalue weighted by Gasteiger charge is -2.29. The van der Waals surface area contributed by atoms with Gasteiger partial charge in [0.15, 0.2) is 0 Å². The number of aryl methyl sites for hydroxylation is 1. The molecule has 3 rings (SSSR count). The van der Waals surface area contributed by atoms with Crippen LogP contribution >= 0.6 is 0 Å². The number of carbonyl (C=O) groups excluding carboxylic acids is 3. The van der Waals surface area contributed by atoms with E-state index in [9.17, 15) is 18.8 Å². The zero-order valence-corrected chi connectivity index (χ0v) is 23.8. The number of benzene rings is 1. The number of nitrogens with zero attached hydrogens (tertiary/aromatic N) is 1. The van der Waals surface area contributed by atoms with Crippen LogP contribution < -0.4 is 26.0 Å². The molecule has 40 heavy (non-hydrogen) atoms. The van der Waals surface area contributed by atoms with E-state index in [0.29, 0.717) is 43.5 Å². The highest BCUT2D eigenvalue weighted by atomic mass is 19.1. The first-order valence-corrected chi connectivity index (χ1v) is 14.1. The summed E-state index contributed by atoms with van der Waals surface area (Å²) in [5.41, 5.74) is 1.42. The molecule has 0 radical (unpaired) electrons. The Labute approximate surface area is 236 Å². The Morgan fingerprint density at radius 3 is 2.58 bits per heavy atom. The Balaban J connectivity index is 1.90. The van der Waals surface area contributed by atoms with Crippen molar-refractivity contribution in [2.24, 2.45) is 5.92 Å². The summed E-state index contributed by atoms with van der Waals surface area (Å²) in [5.74, 6) is -1.06. The molecule has 0 unspecified atom stereocenters. The molecule has 1 aliphatic heterocycles. The number of amides is 3. The predicted molar refractivity (Wildman–Crippen MR) is 151 cm³/mol. The minimum absolute atomic E-state index is 0.208. The Bertz CT molecular complexity index is 1140. The monoisotopic (exact) mass is 555 g/mol. The molecule has 2 aromatic rings. The molecule has 218 valence electrons. The van der Waals surface area contributed by atoms with Crippen LogP contribution in [0.3, 0.4) is 0 Å². The molecule has 0 bridgehead atoms. The number of fused-ring (bicyclic) bond motifs is 1. The van der Waals surface area contributed by atoms with Crippen molar-refractivity contribution in [1.29, 1.82) is 0 Å². The van der Waals surface area contributed by atoms with Gasteiger partial charge in [-0.1, -0.05) is 39.3 Å². The molecule has 4 atom stereocenters. The summed E-state index contributed by atoms with van der Waals surface area (Å²) < 4.78 is 20.0. The number of halogens is 1. The summed E-state index contributed by atoms with van der Waals surface area (Å²) in [4.78, 5) is 44.3. The van der Waals surface area contributed by atoms with Gasteiger partial charge >= 0.3 is 0 Å². The fourth-order valence-corrected chi connectivity index (χ4v) is 4.67. The summed E-state index contributed by atoms with van der Waals surface area (Å²) in [6, 6.07) is 7.15. The second kappa shape index (κ2) is 15.3. The third-order valence-corrected chi connectivity index (χ3v) is 6.82. The number of carbonyl (C=O) groups is 3. The van der Waals surface area contributed by atoms with Gasteiger partial charge in [0, 0.05) is 18.8 Å². The number of ether oxygens (including phenoxy) is 1. The molecule has 1 aromatic carbocycles. The predicted octanol–water partition coefficient (Wildman–Crippen LogP) is 2.68. The largest absolute Gasteiger partial charge is 0.490 e. The Hall–Kier alpha value is -3.53. The number of pyridine rings is 1. The fourth-order valence-electron chi connectivity index (χ4n) is 4.67. The third kappa shape index (κ3) is 9.29. The highest BCUT2D eigenvalue weighted by Crippen LogP contribution is 2.18. The average Bonchev–Trinajstić information content (AvgIpc) is 2.91. The Morgan fingerprint density at radius 1 is 1.05 bits per heavy atom. The summed E-state index contributed by atoms with van der Waals surface area (Å²) in [7, 11) is 0. The number of nitrogens with one attached hydrogen (secondary N) is 4. The normalized spacial score (nSPS) is 23.6. The van der Waals surface area contributed by atoms with Gasteiger partial charge in [-0.25, -0.2) is 4.39 Å². The van der Waals surface area contributed by atoms with Crippen molar-refractivity contribution >= 4 is 17.7 Å². The van der Waals surface area contributed by atoms with Crippen LogP contribution in [0, 0.1) is 11.7 Å². The minimum atomic E-state index is -0.861. The van der Waals surface area contributed by atoms with Gasteiger partial charge in [-0.2, -0.15) is 0 Å². The summed E-state index contributed by atoms with van der Waals surface area (Å²) in [5, 5.41) is 12.0. The molecule has 4 N–H and O–H groups in total. The number of aromatic nitrogens is 1. The van der Waals surface area contributed by atoms with Crippen LogP contribution in [0.4, 0.5) is 4.39 Å². The SMILES string of the molecule is CCC[C@@H]1NC(=O)[C@@H](C(C)C)NC(=O)[C@@H](Cc2cccc(F)c2)N[C@@H](C)COc2cccnc2CCCNC1=O.